The van der Waals surface area contributed by atoms with E-state index < -0.39 is 24.2 Å². The van der Waals surface area contributed by atoms with Crippen LogP contribution >= 0.6 is 0 Å². The van der Waals surface area contributed by atoms with Gasteiger partial charge in [0.25, 0.3) is 0 Å². The summed E-state index contributed by atoms with van der Waals surface area (Å²) in [6, 6.07) is 0. The first-order chi connectivity index (χ1) is 6.02. The van der Waals surface area contributed by atoms with Crippen molar-refractivity contribution in [2.45, 2.75) is 26.0 Å². The van der Waals surface area contributed by atoms with E-state index in [0.29, 0.717) is 4.90 Å². The van der Waals surface area contributed by atoms with Crippen LogP contribution in [0, 0.1) is 0 Å². The standard InChI is InChI=1S/C7H9NO5/c1-4(9)13-6-3-2-5(10)8(6)7(11)12/h6H,2-3H2,1H3,(H,11,12). The molecule has 72 valence electrons. The van der Waals surface area contributed by atoms with E-state index in [1.807, 2.05) is 0 Å². The van der Waals surface area contributed by atoms with Crippen LogP contribution in [0.15, 0.2) is 0 Å². The lowest BCUT2D eigenvalue weighted by Crippen LogP contribution is -2.39. The molecule has 6 nitrogen and oxygen atoms in total. The number of ether oxygens (including phenoxy) is 1. The number of amides is 2. The van der Waals surface area contributed by atoms with Crippen molar-refractivity contribution in [3.63, 3.8) is 0 Å². The maximum absolute atomic E-state index is 11.0. The zero-order valence-corrected chi connectivity index (χ0v) is 7.02. The molecule has 0 aromatic rings. The molecule has 0 saturated carbocycles. The number of hydrogen-bond donors (Lipinski definition) is 1. The van der Waals surface area contributed by atoms with Crippen LogP contribution in [0.3, 0.4) is 0 Å². The number of carbonyl (C=O) groups excluding carboxylic acids is 2. The Morgan fingerprint density at radius 2 is 2.23 bits per heavy atom. The van der Waals surface area contributed by atoms with Gasteiger partial charge in [-0.15, -0.1) is 0 Å². The largest absolute Gasteiger partial charge is 0.465 e. The van der Waals surface area contributed by atoms with Crippen LogP contribution in [0.4, 0.5) is 4.79 Å². The first-order valence-corrected chi connectivity index (χ1v) is 3.74. The average Bonchev–Trinajstić information content (AvgIpc) is 2.30. The summed E-state index contributed by atoms with van der Waals surface area (Å²) in [5.74, 6) is -1.12. The zero-order chi connectivity index (χ0) is 10.0. The van der Waals surface area contributed by atoms with Crippen molar-refractivity contribution < 1.29 is 24.2 Å². The maximum atomic E-state index is 11.0. The molecule has 1 atom stereocenters. The van der Waals surface area contributed by atoms with E-state index >= 15 is 0 Å². The van der Waals surface area contributed by atoms with Crippen LogP contribution in [0.2, 0.25) is 0 Å². The lowest BCUT2D eigenvalue weighted by Gasteiger charge is -2.18. The predicted molar refractivity (Wildman–Crippen MR) is 39.7 cm³/mol. The highest BCUT2D eigenvalue weighted by atomic mass is 16.6. The highest BCUT2D eigenvalue weighted by Gasteiger charge is 2.37. The molecule has 0 spiro atoms. The van der Waals surface area contributed by atoms with Gasteiger partial charge in [-0.3, -0.25) is 9.59 Å². The van der Waals surface area contributed by atoms with E-state index in [1.54, 1.807) is 0 Å². The van der Waals surface area contributed by atoms with Crippen molar-refractivity contribution in [1.29, 1.82) is 0 Å². The molecule has 1 N–H and O–H groups in total. The number of carboxylic acid groups (broad SMARTS) is 1. The molecular formula is C7H9NO5. The van der Waals surface area contributed by atoms with Crippen LogP contribution in [-0.4, -0.2) is 34.2 Å². The zero-order valence-electron chi connectivity index (χ0n) is 7.02. The maximum Gasteiger partial charge on any atom is 0.417 e. The molecule has 6 heteroatoms. The van der Waals surface area contributed by atoms with Crippen LogP contribution < -0.4 is 0 Å². The molecule has 0 bridgehead atoms. The summed E-state index contributed by atoms with van der Waals surface area (Å²) in [5.41, 5.74) is 0. The van der Waals surface area contributed by atoms with Crippen molar-refractivity contribution in [3.8, 4) is 0 Å². The summed E-state index contributed by atoms with van der Waals surface area (Å²) in [4.78, 5) is 32.5. The van der Waals surface area contributed by atoms with Gasteiger partial charge in [-0.1, -0.05) is 0 Å². The van der Waals surface area contributed by atoms with Gasteiger partial charge in [0.05, 0.1) is 0 Å². The van der Waals surface area contributed by atoms with Gasteiger partial charge in [0.2, 0.25) is 5.91 Å². The molecule has 1 aliphatic rings. The summed E-state index contributed by atoms with van der Waals surface area (Å²) in [6.45, 7) is 1.17. The van der Waals surface area contributed by atoms with E-state index in [4.69, 9.17) is 5.11 Å². The number of esters is 1. The summed E-state index contributed by atoms with van der Waals surface area (Å²) >= 11 is 0. The van der Waals surface area contributed by atoms with Crippen molar-refractivity contribution in [3.05, 3.63) is 0 Å². The predicted octanol–water partition coefficient (Wildman–Crippen LogP) is 0.176. The molecule has 0 aromatic carbocycles. The van der Waals surface area contributed by atoms with Crippen LogP contribution in [0.25, 0.3) is 0 Å². The second-order valence-electron chi connectivity index (χ2n) is 2.65. The van der Waals surface area contributed by atoms with Gasteiger partial charge in [-0.2, -0.15) is 0 Å². The Morgan fingerprint density at radius 3 is 2.69 bits per heavy atom. The monoisotopic (exact) mass is 187 g/mol. The SMILES string of the molecule is CC(=O)OC1CCC(=O)N1C(=O)O. The Balaban J connectivity index is 2.69. The molecular weight excluding hydrogens is 178 g/mol. The number of carbonyl (C=O) groups is 3. The molecule has 1 fully saturated rings. The molecule has 0 radical (unpaired) electrons. The van der Waals surface area contributed by atoms with Crippen molar-refractivity contribution >= 4 is 18.0 Å². The van der Waals surface area contributed by atoms with Crippen LogP contribution in [-0.2, 0) is 14.3 Å². The second kappa shape index (κ2) is 3.42. The molecule has 1 saturated heterocycles. The van der Waals surface area contributed by atoms with Crippen molar-refractivity contribution in [2.75, 3.05) is 0 Å². The van der Waals surface area contributed by atoms with Crippen LogP contribution in [0.1, 0.15) is 19.8 Å². The van der Waals surface area contributed by atoms with E-state index in [2.05, 4.69) is 4.74 Å². The quantitative estimate of drug-likeness (QED) is 0.592. The first kappa shape index (κ1) is 9.50. The molecule has 1 heterocycles. The molecule has 0 aromatic heterocycles. The third kappa shape index (κ3) is 1.95. The fourth-order valence-corrected chi connectivity index (χ4v) is 1.19. The average molecular weight is 187 g/mol. The Bertz CT molecular complexity index is 262. The normalized spacial score (nSPS) is 21.8. The second-order valence-corrected chi connectivity index (χ2v) is 2.65. The van der Waals surface area contributed by atoms with E-state index in [0.717, 1.165) is 0 Å². The summed E-state index contributed by atoms with van der Waals surface area (Å²) in [7, 11) is 0. The Morgan fingerprint density at radius 1 is 1.62 bits per heavy atom. The summed E-state index contributed by atoms with van der Waals surface area (Å²) in [5, 5.41) is 8.58. The number of imide groups is 1. The minimum Gasteiger partial charge on any atom is -0.465 e. The minimum absolute atomic E-state index is 0.101. The molecule has 1 aliphatic heterocycles. The fraction of sp³-hybridized carbons (Fsp3) is 0.571. The first-order valence-electron chi connectivity index (χ1n) is 3.74. The smallest absolute Gasteiger partial charge is 0.417 e. The van der Waals surface area contributed by atoms with Gasteiger partial charge in [-0.05, 0) is 0 Å². The third-order valence-corrected chi connectivity index (χ3v) is 1.67. The van der Waals surface area contributed by atoms with Crippen molar-refractivity contribution in [1.82, 2.24) is 4.90 Å². The Hall–Kier alpha value is -1.59. The van der Waals surface area contributed by atoms with Crippen LogP contribution in [0.5, 0.6) is 0 Å². The topological polar surface area (TPSA) is 83.9 Å². The van der Waals surface area contributed by atoms with Gasteiger partial charge in [0.15, 0.2) is 6.23 Å². The van der Waals surface area contributed by atoms with E-state index in [9.17, 15) is 14.4 Å². The molecule has 13 heavy (non-hydrogen) atoms. The van der Waals surface area contributed by atoms with Crippen molar-refractivity contribution in [2.24, 2.45) is 0 Å². The Labute approximate surface area is 74.1 Å². The highest BCUT2D eigenvalue weighted by Crippen LogP contribution is 2.19. The highest BCUT2D eigenvalue weighted by molar-refractivity contribution is 5.93. The molecule has 1 rings (SSSR count). The molecule has 2 amide bonds. The number of hydrogen-bond acceptors (Lipinski definition) is 4. The molecule has 0 aliphatic carbocycles. The van der Waals surface area contributed by atoms with Gasteiger partial charge < -0.3 is 9.84 Å². The minimum atomic E-state index is -1.38. The van der Waals surface area contributed by atoms with Gasteiger partial charge in [0.1, 0.15) is 0 Å². The van der Waals surface area contributed by atoms with Gasteiger partial charge in [0, 0.05) is 19.8 Å². The lowest BCUT2D eigenvalue weighted by atomic mass is 10.3. The Kier molecular flexibility index (Phi) is 2.50. The fourth-order valence-electron chi connectivity index (χ4n) is 1.19. The molecule has 1 unspecified atom stereocenters. The summed E-state index contributed by atoms with van der Waals surface area (Å²) in [6.07, 6.45) is -1.98. The summed E-state index contributed by atoms with van der Waals surface area (Å²) < 4.78 is 4.64. The number of rotatable bonds is 1. The van der Waals surface area contributed by atoms with E-state index in [1.165, 1.54) is 6.92 Å². The van der Waals surface area contributed by atoms with E-state index in [-0.39, 0.29) is 12.8 Å². The van der Waals surface area contributed by atoms with Gasteiger partial charge >= 0.3 is 12.1 Å². The lowest BCUT2D eigenvalue weighted by molar-refractivity contribution is -0.154. The van der Waals surface area contributed by atoms with Gasteiger partial charge in [-0.25, -0.2) is 9.69 Å². The number of likely N-dealkylation sites (tertiary alicyclic amines) is 1. The third-order valence-electron chi connectivity index (χ3n) is 1.67. The number of nitrogens with zero attached hydrogens (tertiary/aromatic N) is 1.